The largest absolute Gasteiger partial charge is 0.480 e. The Balaban J connectivity index is 0.000000197. The summed E-state index contributed by atoms with van der Waals surface area (Å²) < 4.78 is 0.289. The normalized spacial score (nSPS) is 16.9. The molecule has 11 heteroatoms. The topological polar surface area (TPSA) is 156 Å². The minimum absolute atomic E-state index is 0.00657. The molecule has 2 heterocycles. The van der Waals surface area contributed by atoms with Crippen molar-refractivity contribution in [1.29, 1.82) is 0 Å². The highest BCUT2D eigenvalue weighted by Crippen LogP contribution is 2.34. The van der Waals surface area contributed by atoms with Crippen LogP contribution in [0, 0.1) is 10.1 Å². The van der Waals surface area contributed by atoms with E-state index in [4.69, 9.17) is 10.2 Å². The highest BCUT2D eigenvalue weighted by atomic mass is 79.9. The molecule has 0 saturated carbocycles. The van der Waals surface area contributed by atoms with Gasteiger partial charge < -0.3 is 15.2 Å². The Hall–Kier alpha value is -4.51. The fraction of sp³-hybridized carbons (Fsp3) is 0.115. The summed E-state index contributed by atoms with van der Waals surface area (Å²) in [5.41, 5.74) is 3.67. The van der Waals surface area contributed by atoms with E-state index >= 15 is 0 Å². The predicted octanol–water partition coefficient (Wildman–Crippen LogP) is 4.95. The maximum absolute atomic E-state index is 12.4. The number of carbonyl (C=O) groups is 2. The number of aromatic amines is 1. The van der Waals surface area contributed by atoms with Crippen molar-refractivity contribution < 1.29 is 24.7 Å². The van der Waals surface area contributed by atoms with E-state index < -0.39 is 21.2 Å². The summed E-state index contributed by atoms with van der Waals surface area (Å²) in [5, 5.41) is 29.4. The van der Waals surface area contributed by atoms with Crippen molar-refractivity contribution in [3.8, 4) is 5.69 Å². The van der Waals surface area contributed by atoms with E-state index in [1.165, 1.54) is 30.4 Å². The lowest BCUT2D eigenvalue weighted by Gasteiger charge is -2.23. The molecule has 37 heavy (non-hydrogen) atoms. The van der Waals surface area contributed by atoms with Crippen molar-refractivity contribution in [2.45, 2.75) is 17.7 Å². The monoisotopic (exact) mass is 565 g/mol. The second-order valence-electron chi connectivity index (χ2n) is 8.42. The Morgan fingerprint density at radius 2 is 1.73 bits per heavy atom. The van der Waals surface area contributed by atoms with Gasteiger partial charge in [0.15, 0.2) is 0 Å². The molecule has 2 aromatic heterocycles. The Bertz CT molecular complexity index is 1680. The van der Waals surface area contributed by atoms with Gasteiger partial charge in [0.2, 0.25) is 0 Å². The third-order valence-electron chi connectivity index (χ3n) is 5.80. The van der Waals surface area contributed by atoms with E-state index in [0.717, 1.165) is 21.9 Å². The van der Waals surface area contributed by atoms with Crippen LogP contribution in [-0.2, 0) is 9.59 Å². The number of hydrogen-bond acceptors (Lipinski definition) is 5. The Morgan fingerprint density at radius 3 is 2.35 bits per heavy atom. The summed E-state index contributed by atoms with van der Waals surface area (Å²) in [6, 6.07) is 16.9. The van der Waals surface area contributed by atoms with Crippen molar-refractivity contribution in [2.75, 3.05) is 0 Å². The second-order valence-corrected chi connectivity index (χ2v) is 9.84. The van der Waals surface area contributed by atoms with Crippen molar-refractivity contribution in [3.63, 3.8) is 0 Å². The smallest absolute Gasteiger partial charge is 0.331 e. The number of rotatable bonds is 4. The van der Waals surface area contributed by atoms with Crippen LogP contribution in [0.1, 0.15) is 13.3 Å². The molecule has 4 aromatic rings. The summed E-state index contributed by atoms with van der Waals surface area (Å²) in [6.07, 6.45) is 2.93. The highest BCUT2D eigenvalue weighted by molar-refractivity contribution is 9.10. The van der Waals surface area contributed by atoms with Crippen LogP contribution in [0.4, 0.5) is 5.69 Å². The quantitative estimate of drug-likeness (QED) is 0.179. The lowest BCUT2D eigenvalue weighted by Crippen LogP contribution is -2.33. The van der Waals surface area contributed by atoms with Gasteiger partial charge in [-0.3, -0.25) is 24.3 Å². The first-order chi connectivity index (χ1) is 17.5. The molecule has 1 aliphatic carbocycles. The summed E-state index contributed by atoms with van der Waals surface area (Å²) >= 11 is 3.03. The summed E-state index contributed by atoms with van der Waals surface area (Å²) in [7, 11) is 0. The first kappa shape index (κ1) is 25.6. The molecule has 188 valence electrons. The van der Waals surface area contributed by atoms with Gasteiger partial charge >= 0.3 is 11.9 Å². The first-order valence-corrected chi connectivity index (χ1v) is 11.7. The van der Waals surface area contributed by atoms with E-state index in [9.17, 15) is 24.5 Å². The van der Waals surface area contributed by atoms with Crippen LogP contribution in [0.2, 0.25) is 0 Å². The number of nitro benzene ring substituents is 1. The number of aromatic nitrogens is 2. The van der Waals surface area contributed by atoms with E-state index in [1.807, 2.05) is 24.3 Å². The highest BCUT2D eigenvalue weighted by Gasteiger charge is 2.37. The molecule has 0 amide bonds. The SMILES string of the molecule is CC1=CC(Br)(C(=O)O)CC(C(=O)O)=C1.O=c1ccc2[nH]c3ccccc3c2n1-c1ccc([N+](=O)[O-])cc1. The van der Waals surface area contributed by atoms with Crippen molar-refractivity contribution in [3.05, 3.63) is 104 Å². The number of non-ortho nitro benzene ring substituents is 1. The fourth-order valence-corrected chi connectivity index (χ4v) is 4.82. The number of nitrogens with zero attached hydrogens (tertiary/aromatic N) is 2. The van der Waals surface area contributed by atoms with Crippen LogP contribution in [0.3, 0.4) is 0 Å². The average Bonchev–Trinajstić information content (AvgIpc) is 3.22. The molecular weight excluding hydrogens is 546 g/mol. The number of nitro groups is 1. The van der Waals surface area contributed by atoms with Crippen LogP contribution in [0.15, 0.2) is 88.8 Å². The minimum Gasteiger partial charge on any atom is -0.480 e. The third kappa shape index (κ3) is 5.07. The number of carboxylic acids is 2. The number of halogens is 1. The fourth-order valence-electron chi connectivity index (χ4n) is 4.16. The van der Waals surface area contributed by atoms with Crippen LogP contribution >= 0.6 is 15.9 Å². The average molecular weight is 566 g/mol. The lowest BCUT2D eigenvalue weighted by atomic mass is 9.91. The zero-order valence-electron chi connectivity index (χ0n) is 19.3. The summed E-state index contributed by atoms with van der Waals surface area (Å²) in [5.74, 6) is -2.16. The third-order valence-corrected chi connectivity index (χ3v) is 6.65. The van der Waals surface area contributed by atoms with Crippen LogP contribution in [-0.4, -0.2) is 41.0 Å². The predicted molar refractivity (Wildman–Crippen MR) is 141 cm³/mol. The zero-order valence-corrected chi connectivity index (χ0v) is 20.9. The number of fused-ring (bicyclic) bond motifs is 3. The molecule has 0 aliphatic heterocycles. The standard InChI is InChI=1S/C17H11N3O3.C9H9BrO4/c21-16-10-9-15-17(13-3-1-2-4-14(13)18-15)19(16)11-5-7-12(8-6-11)20(22)23;1-5-2-6(7(11)12)4-9(10,3-5)8(13)14/h1-10,18H;2-3H,4H2,1H3,(H,11,12)(H,13,14). The molecule has 10 nitrogen and oxygen atoms in total. The molecular formula is C26H20BrN3O7. The second kappa shape index (κ2) is 9.86. The van der Waals surface area contributed by atoms with Crippen molar-refractivity contribution >= 4 is 55.5 Å². The molecule has 1 unspecified atom stereocenters. The van der Waals surface area contributed by atoms with Crippen molar-refractivity contribution in [2.24, 2.45) is 0 Å². The van der Waals surface area contributed by atoms with Gasteiger partial charge in [-0.15, -0.1) is 0 Å². The van der Waals surface area contributed by atoms with Gasteiger partial charge in [-0.2, -0.15) is 0 Å². The Kier molecular flexibility index (Phi) is 6.82. The van der Waals surface area contributed by atoms with Gasteiger partial charge in [-0.25, -0.2) is 4.79 Å². The van der Waals surface area contributed by atoms with Gasteiger partial charge in [0.05, 0.1) is 16.0 Å². The molecule has 3 N–H and O–H groups in total. The molecule has 2 aromatic carbocycles. The number of H-pyrrole nitrogens is 1. The maximum Gasteiger partial charge on any atom is 0.331 e. The number of carboxylic acid groups (broad SMARTS) is 2. The number of nitrogens with one attached hydrogen (secondary N) is 1. The number of pyridine rings is 1. The lowest BCUT2D eigenvalue weighted by molar-refractivity contribution is -0.384. The number of para-hydroxylation sites is 1. The molecule has 0 saturated heterocycles. The van der Waals surface area contributed by atoms with Gasteiger partial charge in [0.25, 0.3) is 11.2 Å². The molecule has 1 aliphatic rings. The van der Waals surface area contributed by atoms with Gasteiger partial charge in [0, 0.05) is 46.8 Å². The Labute approximate surface area is 217 Å². The molecule has 0 radical (unpaired) electrons. The van der Waals surface area contributed by atoms with E-state index in [2.05, 4.69) is 20.9 Å². The molecule has 0 fully saturated rings. The number of allylic oxidation sites excluding steroid dienone is 2. The first-order valence-electron chi connectivity index (χ1n) is 10.9. The number of aliphatic carboxylic acids is 2. The molecule has 0 spiro atoms. The van der Waals surface area contributed by atoms with E-state index in [-0.39, 0.29) is 23.2 Å². The molecule has 1 atom stereocenters. The van der Waals surface area contributed by atoms with Gasteiger partial charge in [-0.05, 0) is 37.3 Å². The van der Waals surface area contributed by atoms with Crippen molar-refractivity contribution in [1.82, 2.24) is 9.55 Å². The number of alkyl halides is 1. The van der Waals surface area contributed by atoms with Crippen LogP contribution in [0.5, 0.6) is 0 Å². The molecule has 0 bridgehead atoms. The zero-order chi connectivity index (χ0) is 26.9. The maximum atomic E-state index is 12.4. The summed E-state index contributed by atoms with van der Waals surface area (Å²) in [6.45, 7) is 1.67. The number of benzene rings is 2. The minimum atomic E-state index is -1.28. The van der Waals surface area contributed by atoms with Crippen LogP contribution in [0.25, 0.3) is 27.6 Å². The molecule has 5 rings (SSSR count). The van der Waals surface area contributed by atoms with Crippen LogP contribution < -0.4 is 5.56 Å². The van der Waals surface area contributed by atoms with E-state index in [1.54, 1.807) is 29.7 Å². The number of hydrogen-bond donors (Lipinski definition) is 3. The summed E-state index contributed by atoms with van der Waals surface area (Å²) in [4.78, 5) is 47.6. The van der Waals surface area contributed by atoms with E-state index in [0.29, 0.717) is 11.3 Å². The van der Waals surface area contributed by atoms with Gasteiger partial charge in [-0.1, -0.05) is 45.8 Å². The van der Waals surface area contributed by atoms with Gasteiger partial charge in [0.1, 0.15) is 4.32 Å². The Morgan fingerprint density at radius 1 is 1.05 bits per heavy atom.